The number of methoxy groups -OCH3 is 1. The summed E-state index contributed by atoms with van der Waals surface area (Å²) in [6, 6.07) is 1.37. The highest BCUT2D eigenvalue weighted by Crippen LogP contribution is 2.28. The van der Waals surface area contributed by atoms with E-state index in [1.54, 1.807) is 0 Å². The van der Waals surface area contributed by atoms with Crippen LogP contribution in [0.4, 0.5) is 14.9 Å². The normalized spacial score (nSPS) is 10.1. The van der Waals surface area contributed by atoms with Crippen LogP contribution < -0.4 is 10.6 Å². The van der Waals surface area contributed by atoms with E-state index in [1.807, 2.05) is 0 Å². The first-order valence-corrected chi connectivity index (χ1v) is 5.14. The number of urea groups is 1. The van der Waals surface area contributed by atoms with Crippen molar-refractivity contribution in [2.45, 2.75) is 0 Å². The lowest BCUT2D eigenvalue weighted by Crippen LogP contribution is -2.31. The van der Waals surface area contributed by atoms with Crippen molar-refractivity contribution in [1.82, 2.24) is 5.32 Å². The molecular weight excluding hydrogens is 251 g/mol. The summed E-state index contributed by atoms with van der Waals surface area (Å²) in [7, 11) is 1.50. The molecule has 0 unspecified atom stereocenters. The van der Waals surface area contributed by atoms with E-state index in [9.17, 15) is 9.18 Å². The van der Waals surface area contributed by atoms with Gasteiger partial charge in [0.15, 0.2) is 5.82 Å². The van der Waals surface area contributed by atoms with Crippen molar-refractivity contribution >= 4 is 23.3 Å². The predicted molar refractivity (Wildman–Crippen MR) is 62.0 cm³/mol. The van der Waals surface area contributed by atoms with Crippen LogP contribution in [0.5, 0.6) is 5.75 Å². The lowest BCUT2D eigenvalue weighted by Gasteiger charge is -2.09. The molecule has 0 aliphatic heterocycles. The van der Waals surface area contributed by atoms with Crippen molar-refractivity contribution < 1.29 is 19.0 Å². The van der Waals surface area contributed by atoms with E-state index in [0.717, 1.165) is 12.1 Å². The molecule has 94 valence electrons. The van der Waals surface area contributed by atoms with Gasteiger partial charge in [-0.25, -0.2) is 9.18 Å². The Morgan fingerprint density at radius 2 is 2.29 bits per heavy atom. The van der Waals surface area contributed by atoms with Crippen LogP contribution in [-0.4, -0.2) is 31.4 Å². The van der Waals surface area contributed by atoms with Crippen molar-refractivity contribution in [3.05, 3.63) is 23.0 Å². The number of ether oxygens (including phenoxy) is 1. The van der Waals surface area contributed by atoms with Crippen LogP contribution >= 0.6 is 11.6 Å². The number of rotatable bonds is 4. The summed E-state index contributed by atoms with van der Waals surface area (Å²) in [4.78, 5) is 11.3. The number of phenols is 1. The number of benzene rings is 1. The van der Waals surface area contributed by atoms with Gasteiger partial charge in [-0.3, -0.25) is 0 Å². The number of nitrogens with one attached hydrogen (secondary N) is 2. The average molecular weight is 263 g/mol. The van der Waals surface area contributed by atoms with E-state index in [1.165, 1.54) is 7.11 Å². The number of phenolic OH excluding ortho intramolecular Hbond substituents is 1. The minimum absolute atomic E-state index is 0.0430. The second-order valence-electron chi connectivity index (χ2n) is 3.16. The highest BCUT2D eigenvalue weighted by Gasteiger charge is 2.10. The van der Waals surface area contributed by atoms with Gasteiger partial charge in [0.05, 0.1) is 17.3 Å². The third kappa shape index (κ3) is 4.08. The number of aromatic hydroxyl groups is 1. The second-order valence-corrected chi connectivity index (χ2v) is 3.56. The van der Waals surface area contributed by atoms with Crippen LogP contribution in [0.2, 0.25) is 5.02 Å². The summed E-state index contributed by atoms with van der Waals surface area (Å²) in [5.41, 5.74) is -0.109. The molecule has 0 aliphatic rings. The van der Waals surface area contributed by atoms with E-state index in [-0.39, 0.29) is 16.5 Å². The first-order valence-electron chi connectivity index (χ1n) is 4.76. The molecule has 0 aliphatic carbocycles. The third-order valence-electron chi connectivity index (χ3n) is 1.88. The molecule has 0 radical (unpaired) electrons. The van der Waals surface area contributed by atoms with Crippen LogP contribution in [0, 0.1) is 5.82 Å². The van der Waals surface area contributed by atoms with Crippen LogP contribution in [0.15, 0.2) is 12.1 Å². The molecule has 1 rings (SSSR count). The van der Waals surface area contributed by atoms with Gasteiger partial charge >= 0.3 is 6.03 Å². The maximum absolute atomic E-state index is 13.3. The Morgan fingerprint density at radius 1 is 1.59 bits per heavy atom. The Balaban J connectivity index is 2.62. The summed E-state index contributed by atoms with van der Waals surface area (Å²) in [6.07, 6.45) is 0. The summed E-state index contributed by atoms with van der Waals surface area (Å²) in [6.45, 7) is 0.655. The molecule has 1 aromatic carbocycles. The number of hydrogen-bond donors (Lipinski definition) is 3. The molecule has 0 saturated heterocycles. The Labute approximate surface area is 103 Å². The van der Waals surface area contributed by atoms with Crippen molar-refractivity contribution in [3.63, 3.8) is 0 Å². The minimum Gasteiger partial charge on any atom is -0.506 e. The SMILES string of the molecule is COCCNC(=O)Nc1cc(Cl)c(O)cc1F. The standard InChI is InChI=1S/C10H12ClFN2O3/c1-17-3-2-13-10(16)14-8-4-6(11)9(15)5-7(8)12/h4-5,15H,2-3H2,1H3,(H2,13,14,16). The molecule has 5 nitrogen and oxygen atoms in total. The number of halogens is 2. The molecule has 0 atom stereocenters. The van der Waals surface area contributed by atoms with Gasteiger partial charge in [-0.15, -0.1) is 0 Å². The molecule has 2 amide bonds. The average Bonchev–Trinajstić information content (AvgIpc) is 2.26. The van der Waals surface area contributed by atoms with Crippen LogP contribution in [0.3, 0.4) is 0 Å². The molecule has 0 aromatic heterocycles. The zero-order valence-corrected chi connectivity index (χ0v) is 9.84. The first kappa shape index (κ1) is 13.5. The van der Waals surface area contributed by atoms with Crippen LogP contribution in [-0.2, 0) is 4.74 Å². The van der Waals surface area contributed by atoms with Crippen molar-refractivity contribution in [3.8, 4) is 5.75 Å². The number of anilines is 1. The molecule has 0 spiro atoms. The van der Waals surface area contributed by atoms with Crippen molar-refractivity contribution in [2.24, 2.45) is 0 Å². The van der Waals surface area contributed by atoms with E-state index in [2.05, 4.69) is 10.6 Å². The van der Waals surface area contributed by atoms with Gasteiger partial charge in [-0.2, -0.15) is 0 Å². The summed E-state index contributed by atoms with van der Waals surface area (Å²) < 4.78 is 18.0. The Hall–Kier alpha value is -1.53. The highest BCUT2D eigenvalue weighted by atomic mass is 35.5. The smallest absolute Gasteiger partial charge is 0.319 e. The lowest BCUT2D eigenvalue weighted by atomic mass is 10.3. The zero-order valence-electron chi connectivity index (χ0n) is 9.09. The van der Waals surface area contributed by atoms with Crippen LogP contribution in [0.1, 0.15) is 0 Å². The third-order valence-corrected chi connectivity index (χ3v) is 2.18. The molecule has 17 heavy (non-hydrogen) atoms. The minimum atomic E-state index is -0.770. The maximum Gasteiger partial charge on any atom is 0.319 e. The van der Waals surface area contributed by atoms with Gasteiger partial charge in [0, 0.05) is 19.7 Å². The first-order chi connectivity index (χ1) is 8.04. The Bertz CT molecular complexity index is 415. The largest absolute Gasteiger partial charge is 0.506 e. The quantitative estimate of drug-likeness (QED) is 0.574. The van der Waals surface area contributed by atoms with Crippen molar-refractivity contribution in [1.29, 1.82) is 0 Å². The van der Waals surface area contributed by atoms with Gasteiger partial charge in [-0.05, 0) is 6.07 Å². The van der Waals surface area contributed by atoms with Crippen LogP contribution in [0.25, 0.3) is 0 Å². The van der Waals surface area contributed by atoms with E-state index >= 15 is 0 Å². The molecule has 0 saturated carbocycles. The molecule has 1 aromatic rings. The molecule has 3 N–H and O–H groups in total. The van der Waals surface area contributed by atoms with E-state index < -0.39 is 11.8 Å². The fourth-order valence-corrected chi connectivity index (χ4v) is 1.23. The summed E-state index contributed by atoms with van der Waals surface area (Å²) in [5.74, 6) is -1.15. The number of amides is 2. The fraction of sp³-hybridized carbons (Fsp3) is 0.300. The molecule has 0 heterocycles. The summed E-state index contributed by atoms with van der Waals surface area (Å²) in [5, 5.41) is 13.8. The Morgan fingerprint density at radius 3 is 2.94 bits per heavy atom. The number of carbonyl (C=O) groups is 1. The molecular formula is C10H12ClFN2O3. The molecule has 0 fully saturated rings. The summed E-state index contributed by atoms with van der Waals surface area (Å²) >= 11 is 5.59. The molecule has 7 heteroatoms. The topological polar surface area (TPSA) is 70.6 Å². The lowest BCUT2D eigenvalue weighted by molar-refractivity contribution is 0.198. The molecule has 0 bridgehead atoms. The van der Waals surface area contributed by atoms with E-state index in [4.69, 9.17) is 21.4 Å². The Kier molecular flexibility index (Phi) is 4.99. The van der Waals surface area contributed by atoms with Gasteiger partial charge in [0.2, 0.25) is 0 Å². The highest BCUT2D eigenvalue weighted by molar-refractivity contribution is 6.32. The fourth-order valence-electron chi connectivity index (χ4n) is 1.07. The van der Waals surface area contributed by atoms with Gasteiger partial charge in [0.1, 0.15) is 5.75 Å². The van der Waals surface area contributed by atoms with Gasteiger partial charge in [-0.1, -0.05) is 11.6 Å². The number of carbonyl (C=O) groups excluding carboxylic acids is 1. The van der Waals surface area contributed by atoms with E-state index in [0.29, 0.717) is 13.2 Å². The zero-order chi connectivity index (χ0) is 12.8. The number of hydrogen-bond acceptors (Lipinski definition) is 3. The van der Waals surface area contributed by atoms with Crippen molar-refractivity contribution in [2.75, 3.05) is 25.6 Å². The monoisotopic (exact) mass is 262 g/mol. The predicted octanol–water partition coefficient (Wildman–Crippen LogP) is 1.95. The maximum atomic E-state index is 13.3. The van der Waals surface area contributed by atoms with Gasteiger partial charge in [0.25, 0.3) is 0 Å². The van der Waals surface area contributed by atoms with Gasteiger partial charge < -0.3 is 20.5 Å². The second kappa shape index (κ2) is 6.27.